The standard InChI is InChI=1S/C34H31FN2O8.ClH/c1-40-26-16-23-24(17-27(26)45-18-19-8-6-7-9-25(19)35)33(38)37(22-12-10-21(36)11-13-22)31(34(39)44-5)30(23)20-14-28(41-2)32(43-4)29(15-20)42-3;/h6-17H,18,36H2,1-5H3;1H. The summed E-state index contributed by atoms with van der Waals surface area (Å²) in [7, 11) is 7.08. The van der Waals surface area contributed by atoms with Gasteiger partial charge in [0.1, 0.15) is 18.1 Å². The number of methoxy groups -OCH3 is 5. The van der Waals surface area contributed by atoms with Crippen LogP contribution in [0.25, 0.3) is 27.6 Å². The number of nitrogens with two attached hydrogens (primary N) is 1. The Kier molecular flexibility index (Phi) is 10.3. The summed E-state index contributed by atoms with van der Waals surface area (Å²) in [5.74, 6) is 0.185. The molecular formula is C34H32ClFN2O8. The maximum atomic E-state index is 14.4. The number of anilines is 1. The van der Waals surface area contributed by atoms with E-state index in [-0.39, 0.29) is 41.6 Å². The molecule has 2 N–H and O–H groups in total. The van der Waals surface area contributed by atoms with Crippen molar-refractivity contribution in [1.82, 2.24) is 4.57 Å². The van der Waals surface area contributed by atoms with Gasteiger partial charge in [-0.3, -0.25) is 9.36 Å². The van der Waals surface area contributed by atoms with Crippen LogP contribution in [-0.2, 0) is 11.3 Å². The van der Waals surface area contributed by atoms with Gasteiger partial charge in [0.15, 0.2) is 23.0 Å². The van der Waals surface area contributed by atoms with Crippen LogP contribution in [0.5, 0.6) is 28.7 Å². The number of hydrogen-bond donors (Lipinski definition) is 1. The van der Waals surface area contributed by atoms with Gasteiger partial charge in [0.05, 0.1) is 40.9 Å². The minimum absolute atomic E-state index is 0. The molecule has 1 aromatic heterocycles. The van der Waals surface area contributed by atoms with Crippen molar-refractivity contribution in [2.45, 2.75) is 6.61 Å². The number of carbonyl (C=O) groups is 1. The number of pyridine rings is 1. The molecule has 0 aliphatic carbocycles. The first-order valence-electron chi connectivity index (χ1n) is 13.7. The fourth-order valence-corrected chi connectivity index (χ4v) is 5.13. The molecule has 0 bridgehead atoms. The Morgan fingerprint density at radius 3 is 1.96 bits per heavy atom. The molecule has 5 aromatic rings. The van der Waals surface area contributed by atoms with E-state index in [4.69, 9.17) is 34.2 Å². The molecule has 0 fully saturated rings. The fourth-order valence-electron chi connectivity index (χ4n) is 5.13. The van der Waals surface area contributed by atoms with Crippen molar-refractivity contribution < 1.29 is 37.6 Å². The van der Waals surface area contributed by atoms with Gasteiger partial charge in [-0.1, -0.05) is 18.2 Å². The quantitative estimate of drug-likeness (QED) is 0.139. The van der Waals surface area contributed by atoms with Crippen molar-refractivity contribution in [2.75, 3.05) is 41.3 Å². The van der Waals surface area contributed by atoms with Crippen LogP contribution in [0.1, 0.15) is 16.1 Å². The third-order valence-corrected chi connectivity index (χ3v) is 7.29. The second-order valence-corrected chi connectivity index (χ2v) is 9.79. The Bertz CT molecular complexity index is 1940. The van der Waals surface area contributed by atoms with Crippen LogP contribution in [0.15, 0.2) is 77.6 Å². The highest BCUT2D eigenvalue weighted by atomic mass is 35.5. The number of benzene rings is 4. The normalized spacial score (nSPS) is 10.6. The van der Waals surface area contributed by atoms with Crippen LogP contribution in [0.3, 0.4) is 0 Å². The molecule has 0 saturated carbocycles. The molecule has 1 heterocycles. The second-order valence-electron chi connectivity index (χ2n) is 9.79. The van der Waals surface area contributed by atoms with Gasteiger partial charge in [-0.05, 0) is 60.2 Å². The highest BCUT2D eigenvalue weighted by Gasteiger charge is 2.28. The third kappa shape index (κ3) is 6.09. The van der Waals surface area contributed by atoms with Gasteiger partial charge in [-0.25, -0.2) is 9.18 Å². The van der Waals surface area contributed by atoms with Gasteiger partial charge >= 0.3 is 5.97 Å². The number of ether oxygens (including phenoxy) is 6. The van der Waals surface area contributed by atoms with Crippen molar-refractivity contribution in [3.63, 3.8) is 0 Å². The molecular weight excluding hydrogens is 619 g/mol. The van der Waals surface area contributed by atoms with Crippen molar-refractivity contribution in [3.8, 4) is 45.6 Å². The van der Waals surface area contributed by atoms with Gasteiger partial charge in [-0.2, -0.15) is 0 Å². The predicted molar refractivity (Wildman–Crippen MR) is 175 cm³/mol. The van der Waals surface area contributed by atoms with Gasteiger partial charge in [-0.15, -0.1) is 12.4 Å². The van der Waals surface area contributed by atoms with Crippen molar-refractivity contribution in [3.05, 3.63) is 100 Å². The van der Waals surface area contributed by atoms with Crippen LogP contribution in [0.4, 0.5) is 10.1 Å². The van der Waals surface area contributed by atoms with Crippen LogP contribution in [-0.4, -0.2) is 46.1 Å². The molecule has 0 atom stereocenters. The molecule has 12 heteroatoms. The van der Waals surface area contributed by atoms with E-state index in [9.17, 15) is 14.0 Å². The van der Waals surface area contributed by atoms with Crippen LogP contribution in [0, 0.1) is 5.82 Å². The van der Waals surface area contributed by atoms with E-state index in [0.717, 1.165) is 0 Å². The summed E-state index contributed by atoms with van der Waals surface area (Å²) in [5, 5.41) is 0.518. The van der Waals surface area contributed by atoms with Gasteiger partial charge in [0.2, 0.25) is 5.75 Å². The first-order valence-corrected chi connectivity index (χ1v) is 13.7. The highest BCUT2D eigenvalue weighted by Crippen LogP contribution is 2.45. The third-order valence-electron chi connectivity index (χ3n) is 7.29. The summed E-state index contributed by atoms with van der Waals surface area (Å²) >= 11 is 0. The molecule has 5 rings (SSSR count). The van der Waals surface area contributed by atoms with Crippen molar-refractivity contribution in [1.29, 1.82) is 0 Å². The molecule has 240 valence electrons. The average molecular weight is 651 g/mol. The van der Waals surface area contributed by atoms with E-state index in [1.807, 2.05) is 0 Å². The minimum Gasteiger partial charge on any atom is -0.493 e. The Labute approximate surface area is 270 Å². The lowest BCUT2D eigenvalue weighted by atomic mass is 9.95. The topological polar surface area (TPSA) is 120 Å². The summed E-state index contributed by atoms with van der Waals surface area (Å²) in [6.45, 7) is -0.124. The Morgan fingerprint density at radius 1 is 0.783 bits per heavy atom. The van der Waals surface area contributed by atoms with E-state index >= 15 is 0 Å². The first kappa shape index (κ1) is 33.5. The van der Waals surface area contributed by atoms with Crippen LogP contribution >= 0.6 is 12.4 Å². The van der Waals surface area contributed by atoms with Crippen molar-refractivity contribution in [2.24, 2.45) is 0 Å². The van der Waals surface area contributed by atoms with Crippen molar-refractivity contribution >= 4 is 34.8 Å². The molecule has 0 amide bonds. The molecule has 10 nitrogen and oxygen atoms in total. The molecule has 0 saturated heterocycles. The SMILES string of the molecule is COC(=O)c1c(-c2cc(OC)c(OC)c(OC)c2)c2cc(OC)c(OCc3ccccc3F)cc2c(=O)n1-c1ccc(N)cc1.Cl. The monoisotopic (exact) mass is 650 g/mol. The predicted octanol–water partition coefficient (Wildman–Crippen LogP) is 6.20. The average Bonchev–Trinajstić information content (AvgIpc) is 3.06. The smallest absolute Gasteiger partial charge is 0.355 e. The van der Waals surface area contributed by atoms with Crippen LogP contribution in [0.2, 0.25) is 0 Å². The van der Waals surface area contributed by atoms with E-state index < -0.39 is 17.3 Å². The summed E-state index contributed by atoms with van der Waals surface area (Å²) in [4.78, 5) is 28.0. The molecule has 46 heavy (non-hydrogen) atoms. The van der Waals surface area contributed by atoms with E-state index in [2.05, 4.69) is 0 Å². The van der Waals surface area contributed by atoms with E-state index in [1.54, 1.807) is 60.7 Å². The highest BCUT2D eigenvalue weighted by molar-refractivity contribution is 6.08. The number of aromatic nitrogens is 1. The number of nitrogens with zero attached hydrogens (tertiary/aromatic N) is 1. The van der Waals surface area contributed by atoms with Crippen LogP contribution < -0.4 is 35.0 Å². The molecule has 4 aromatic carbocycles. The summed E-state index contributed by atoms with van der Waals surface area (Å²) in [6.07, 6.45) is 0. The van der Waals surface area contributed by atoms with Gasteiger partial charge in [0.25, 0.3) is 5.56 Å². The van der Waals surface area contributed by atoms with E-state index in [0.29, 0.717) is 50.7 Å². The second kappa shape index (κ2) is 14.1. The Hall–Kier alpha value is -5.42. The molecule has 0 spiro atoms. The number of nitrogen functional groups attached to an aromatic ring is 1. The zero-order chi connectivity index (χ0) is 32.2. The van der Waals surface area contributed by atoms with E-state index in [1.165, 1.54) is 52.2 Å². The number of rotatable bonds is 10. The first-order chi connectivity index (χ1) is 21.8. The van der Waals surface area contributed by atoms with Gasteiger partial charge < -0.3 is 34.2 Å². The lowest BCUT2D eigenvalue weighted by molar-refractivity contribution is 0.0591. The molecule has 0 unspecified atom stereocenters. The Balaban J connectivity index is 0.00000480. The number of halogens is 2. The zero-order valence-electron chi connectivity index (χ0n) is 25.7. The van der Waals surface area contributed by atoms with Gasteiger partial charge in [0, 0.05) is 27.9 Å². The summed E-state index contributed by atoms with van der Waals surface area (Å²) in [5.41, 5.74) is 7.21. The lowest BCUT2D eigenvalue weighted by Gasteiger charge is -2.21. The summed E-state index contributed by atoms with van der Waals surface area (Å²) in [6, 6.07) is 19.1. The number of carbonyl (C=O) groups excluding carboxylic acids is 1. The lowest BCUT2D eigenvalue weighted by Crippen LogP contribution is -2.27. The summed E-state index contributed by atoms with van der Waals surface area (Å²) < 4.78 is 49.2. The Morgan fingerprint density at radius 2 is 1.39 bits per heavy atom. The molecule has 0 radical (unpaired) electrons. The number of esters is 1. The number of hydrogen-bond acceptors (Lipinski definition) is 9. The minimum atomic E-state index is -0.784. The molecule has 0 aliphatic rings. The maximum Gasteiger partial charge on any atom is 0.355 e. The zero-order valence-corrected chi connectivity index (χ0v) is 26.5. The number of fused-ring (bicyclic) bond motifs is 1. The maximum absolute atomic E-state index is 14.4. The molecule has 0 aliphatic heterocycles. The fraction of sp³-hybridized carbons (Fsp3) is 0.176. The largest absolute Gasteiger partial charge is 0.493 e.